The van der Waals surface area contributed by atoms with E-state index in [1.807, 2.05) is 11.7 Å². The minimum atomic E-state index is 0.851. The third-order valence-electron chi connectivity index (χ3n) is 2.22. The summed E-state index contributed by atoms with van der Waals surface area (Å²) in [6.07, 6.45) is 0.897. The van der Waals surface area contributed by atoms with Crippen LogP contribution in [0.4, 0.5) is 5.69 Å². The molecule has 0 bridgehead atoms. The summed E-state index contributed by atoms with van der Waals surface area (Å²) < 4.78 is 1.88. The number of aryl methyl sites for hydroxylation is 2. The first kappa shape index (κ1) is 12.4. The number of anilines is 1. The number of nitrogen functional groups attached to an aromatic ring is 1. The zero-order valence-corrected chi connectivity index (χ0v) is 10.8. The highest BCUT2D eigenvalue weighted by atomic mass is 32.2. The third-order valence-corrected chi connectivity index (χ3v) is 3.36. The molecule has 0 aliphatic rings. The monoisotopic (exact) mass is 228 g/mol. The molecule has 0 fully saturated rings. The zero-order valence-electron chi connectivity index (χ0n) is 9.95. The summed E-state index contributed by atoms with van der Waals surface area (Å²) in [5.74, 6) is 1.04. The maximum absolute atomic E-state index is 6.01. The highest BCUT2D eigenvalue weighted by Crippen LogP contribution is 2.27. The smallest absolute Gasteiger partial charge is 0.117 e. The van der Waals surface area contributed by atoms with Crippen LogP contribution in [0.1, 0.15) is 12.6 Å². The standard InChI is InChI=1S/C10H20N4S/c1-5-8-9(11)10(14(4)12-8)15-7-6-13(2)3/h5-7,11H2,1-4H3. The average Bonchev–Trinajstić information content (AvgIpc) is 2.44. The summed E-state index contributed by atoms with van der Waals surface area (Å²) in [5.41, 5.74) is 7.87. The summed E-state index contributed by atoms with van der Waals surface area (Å²) in [6.45, 7) is 3.13. The molecule has 1 aromatic heterocycles. The molecule has 15 heavy (non-hydrogen) atoms. The summed E-state index contributed by atoms with van der Waals surface area (Å²) >= 11 is 1.77. The molecule has 0 saturated carbocycles. The molecule has 0 spiro atoms. The lowest BCUT2D eigenvalue weighted by atomic mass is 10.3. The molecule has 1 rings (SSSR count). The molecule has 1 heterocycles. The quantitative estimate of drug-likeness (QED) is 0.770. The molecule has 0 unspecified atom stereocenters. The first-order chi connectivity index (χ1) is 7.06. The Kier molecular flexibility index (Phi) is 4.47. The minimum Gasteiger partial charge on any atom is -0.395 e. The summed E-state index contributed by atoms with van der Waals surface area (Å²) in [7, 11) is 6.10. The van der Waals surface area contributed by atoms with Gasteiger partial charge in [-0.25, -0.2) is 0 Å². The van der Waals surface area contributed by atoms with E-state index < -0.39 is 0 Å². The van der Waals surface area contributed by atoms with E-state index in [1.165, 1.54) is 0 Å². The Hall–Kier alpha value is -0.680. The lowest BCUT2D eigenvalue weighted by Crippen LogP contribution is -2.15. The minimum absolute atomic E-state index is 0.851. The Bertz CT molecular complexity index is 319. The Labute approximate surface area is 95.8 Å². The van der Waals surface area contributed by atoms with Crippen LogP contribution in [0.15, 0.2) is 5.03 Å². The van der Waals surface area contributed by atoms with Gasteiger partial charge in [0.1, 0.15) is 5.03 Å². The lowest BCUT2D eigenvalue weighted by molar-refractivity contribution is 0.437. The van der Waals surface area contributed by atoms with Crippen LogP contribution in [0.2, 0.25) is 0 Å². The van der Waals surface area contributed by atoms with Gasteiger partial charge >= 0.3 is 0 Å². The van der Waals surface area contributed by atoms with Crippen molar-refractivity contribution in [3.8, 4) is 0 Å². The fourth-order valence-electron chi connectivity index (χ4n) is 1.34. The Balaban J connectivity index is 2.64. The molecule has 0 radical (unpaired) electrons. The summed E-state index contributed by atoms with van der Waals surface area (Å²) in [5, 5.41) is 5.48. The van der Waals surface area contributed by atoms with Gasteiger partial charge in [-0.15, -0.1) is 11.8 Å². The highest BCUT2D eigenvalue weighted by Gasteiger charge is 2.11. The van der Waals surface area contributed by atoms with Crippen LogP contribution in [-0.2, 0) is 13.5 Å². The van der Waals surface area contributed by atoms with Crippen LogP contribution in [-0.4, -0.2) is 41.1 Å². The maximum atomic E-state index is 6.01. The number of rotatable bonds is 5. The van der Waals surface area contributed by atoms with Gasteiger partial charge in [0, 0.05) is 19.3 Å². The summed E-state index contributed by atoms with van der Waals surface area (Å²) in [6, 6.07) is 0. The second-order valence-electron chi connectivity index (χ2n) is 3.79. The van der Waals surface area contributed by atoms with Crippen LogP contribution in [0.3, 0.4) is 0 Å². The van der Waals surface area contributed by atoms with Gasteiger partial charge in [-0.3, -0.25) is 4.68 Å². The van der Waals surface area contributed by atoms with Crippen LogP contribution >= 0.6 is 11.8 Å². The second-order valence-corrected chi connectivity index (χ2v) is 4.88. The molecule has 0 atom stereocenters. The second kappa shape index (κ2) is 5.42. The van der Waals surface area contributed by atoms with Crippen molar-refractivity contribution in [3.63, 3.8) is 0 Å². The highest BCUT2D eigenvalue weighted by molar-refractivity contribution is 7.99. The van der Waals surface area contributed by atoms with Gasteiger partial charge in [0.25, 0.3) is 0 Å². The Morgan fingerprint density at radius 1 is 1.47 bits per heavy atom. The zero-order chi connectivity index (χ0) is 11.4. The van der Waals surface area contributed by atoms with Crippen molar-refractivity contribution in [3.05, 3.63) is 5.69 Å². The summed E-state index contributed by atoms with van der Waals surface area (Å²) in [4.78, 5) is 2.17. The van der Waals surface area contributed by atoms with Crippen molar-refractivity contribution in [2.24, 2.45) is 7.05 Å². The third kappa shape index (κ3) is 3.14. The van der Waals surface area contributed by atoms with Crippen LogP contribution in [0, 0.1) is 0 Å². The van der Waals surface area contributed by atoms with Crippen molar-refractivity contribution in [1.29, 1.82) is 0 Å². The topological polar surface area (TPSA) is 47.1 Å². The van der Waals surface area contributed by atoms with E-state index in [0.717, 1.165) is 35.1 Å². The van der Waals surface area contributed by atoms with Crippen molar-refractivity contribution in [1.82, 2.24) is 14.7 Å². The largest absolute Gasteiger partial charge is 0.395 e. The molecule has 4 nitrogen and oxygen atoms in total. The molecule has 0 saturated heterocycles. The van der Waals surface area contributed by atoms with Crippen LogP contribution < -0.4 is 5.73 Å². The van der Waals surface area contributed by atoms with Crippen molar-refractivity contribution in [2.45, 2.75) is 18.4 Å². The number of thioether (sulfide) groups is 1. The van der Waals surface area contributed by atoms with Crippen molar-refractivity contribution >= 4 is 17.4 Å². The molecule has 5 heteroatoms. The molecule has 2 N–H and O–H groups in total. The molecule has 0 aliphatic heterocycles. The predicted molar refractivity (Wildman–Crippen MR) is 66.3 cm³/mol. The molecular formula is C10H20N4S. The van der Waals surface area contributed by atoms with Crippen LogP contribution in [0.25, 0.3) is 0 Å². The molecule has 0 amide bonds. The van der Waals surface area contributed by atoms with E-state index >= 15 is 0 Å². The molecule has 86 valence electrons. The van der Waals surface area contributed by atoms with Gasteiger partial charge < -0.3 is 10.6 Å². The predicted octanol–water partition coefficient (Wildman–Crippen LogP) is 1.22. The number of nitrogens with zero attached hydrogens (tertiary/aromatic N) is 3. The van der Waals surface area contributed by atoms with E-state index in [2.05, 4.69) is 31.0 Å². The first-order valence-electron chi connectivity index (χ1n) is 5.15. The Morgan fingerprint density at radius 3 is 2.60 bits per heavy atom. The van der Waals surface area contributed by atoms with Crippen molar-refractivity contribution < 1.29 is 0 Å². The van der Waals surface area contributed by atoms with E-state index in [0.29, 0.717) is 0 Å². The van der Waals surface area contributed by atoms with E-state index in [1.54, 1.807) is 11.8 Å². The number of nitrogens with two attached hydrogens (primary N) is 1. The van der Waals surface area contributed by atoms with E-state index in [-0.39, 0.29) is 0 Å². The van der Waals surface area contributed by atoms with Crippen LogP contribution in [0.5, 0.6) is 0 Å². The SMILES string of the molecule is CCc1nn(C)c(SCCN(C)C)c1N. The number of aromatic nitrogens is 2. The number of hydrogen-bond donors (Lipinski definition) is 1. The fourth-order valence-corrected chi connectivity index (χ4v) is 2.49. The van der Waals surface area contributed by atoms with E-state index in [4.69, 9.17) is 5.73 Å². The molecule has 0 aromatic carbocycles. The van der Waals surface area contributed by atoms with Gasteiger partial charge in [-0.1, -0.05) is 6.92 Å². The van der Waals surface area contributed by atoms with Gasteiger partial charge in [0.15, 0.2) is 0 Å². The Morgan fingerprint density at radius 2 is 2.13 bits per heavy atom. The maximum Gasteiger partial charge on any atom is 0.117 e. The molecule has 0 aliphatic carbocycles. The van der Waals surface area contributed by atoms with Crippen molar-refractivity contribution in [2.75, 3.05) is 32.1 Å². The van der Waals surface area contributed by atoms with Gasteiger partial charge in [0.05, 0.1) is 11.4 Å². The first-order valence-corrected chi connectivity index (χ1v) is 6.13. The fraction of sp³-hybridized carbons (Fsp3) is 0.700. The normalized spacial score (nSPS) is 11.3. The molecule has 1 aromatic rings. The van der Waals surface area contributed by atoms with Gasteiger partial charge in [-0.2, -0.15) is 5.10 Å². The van der Waals surface area contributed by atoms with Gasteiger partial charge in [-0.05, 0) is 20.5 Å². The lowest BCUT2D eigenvalue weighted by Gasteiger charge is -2.09. The van der Waals surface area contributed by atoms with E-state index in [9.17, 15) is 0 Å². The molecular weight excluding hydrogens is 208 g/mol. The average molecular weight is 228 g/mol. The number of hydrogen-bond acceptors (Lipinski definition) is 4. The van der Waals surface area contributed by atoms with Gasteiger partial charge in [0.2, 0.25) is 0 Å².